The zero-order valence-electron chi connectivity index (χ0n) is 7.50. The Balaban J connectivity index is 2.10. The highest BCUT2D eigenvalue weighted by Gasteiger charge is 2.18. The van der Waals surface area contributed by atoms with Crippen molar-refractivity contribution < 1.29 is 13.9 Å². The highest BCUT2D eigenvalue weighted by molar-refractivity contribution is 9.10. The molecule has 1 fully saturated rings. The summed E-state index contributed by atoms with van der Waals surface area (Å²) in [6.07, 6.45) is 0.810. The van der Waals surface area contributed by atoms with Gasteiger partial charge in [-0.2, -0.15) is 0 Å². The Bertz CT molecular complexity index is 324. The van der Waals surface area contributed by atoms with Crippen LogP contribution in [0.2, 0.25) is 0 Å². The fourth-order valence-corrected chi connectivity index (χ4v) is 1.69. The van der Waals surface area contributed by atoms with E-state index in [1.165, 1.54) is 6.07 Å². The van der Waals surface area contributed by atoms with Gasteiger partial charge in [0.05, 0.1) is 13.2 Å². The summed E-state index contributed by atoms with van der Waals surface area (Å²) in [5.74, 6) is -0.0463. The summed E-state index contributed by atoms with van der Waals surface area (Å²) >= 11 is 3.27. The van der Waals surface area contributed by atoms with Crippen molar-refractivity contribution in [1.82, 2.24) is 0 Å². The fourth-order valence-electron chi connectivity index (χ4n) is 1.35. The smallest absolute Gasteiger partial charge is 0.165 e. The van der Waals surface area contributed by atoms with Gasteiger partial charge >= 0.3 is 0 Å². The van der Waals surface area contributed by atoms with Crippen LogP contribution in [-0.2, 0) is 4.74 Å². The zero-order valence-corrected chi connectivity index (χ0v) is 9.09. The van der Waals surface area contributed by atoms with E-state index in [1.807, 2.05) is 0 Å². The molecule has 1 aromatic rings. The Kier molecular flexibility index (Phi) is 3.03. The summed E-state index contributed by atoms with van der Waals surface area (Å²) in [7, 11) is 0. The van der Waals surface area contributed by atoms with Gasteiger partial charge in [0.1, 0.15) is 6.10 Å². The first kappa shape index (κ1) is 9.93. The molecular weight excluding hydrogens is 251 g/mol. The van der Waals surface area contributed by atoms with E-state index in [2.05, 4.69) is 15.9 Å². The van der Waals surface area contributed by atoms with E-state index < -0.39 is 0 Å². The van der Waals surface area contributed by atoms with E-state index in [-0.39, 0.29) is 17.7 Å². The third kappa shape index (κ3) is 2.25. The molecule has 1 aliphatic rings. The minimum Gasteiger partial charge on any atom is -0.485 e. The van der Waals surface area contributed by atoms with Crippen LogP contribution in [0.3, 0.4) is 0 Å². The molecule has 2 rings (SSSR count). The highest BCUT2D eigenvalue weighted by atomic mass is 79.9. The van der Waals surface area contributed by atoms with Gasteiger partial charge < -0.3 is 9.47 Å². The van der Waals surface area contributed by atoms with Crippen molar-refractivity contribution in [3.8, 4) is 5.75 Å². The molecule has 0 aliphatic carbocycles. The third-order valence-electron chi connectivity index (χ3n) is 2.07. The number of rotatable bonds is 2. The molecule has 0 radical (unpaired) electrons. The molecule has 76 valence electrons. The molecule has 1 aromatic carbocycles. The summed E-state index contributed by atoms with van der Waals surface area (Å²) < 4.78 is 24.6. The molecule has 1 unspecified atom stereocenters. The Hall–Kier alpha value is -0.610. The first-order valence-corrected chi connectivity index (χ1v) is 5.24. The molecular formula is C10H10BrFO2. The van der Waals surface area contributed by atoms with E-state index in [0.29, 0.717) is 13.2 Å². The number of hydrogen-bond acceptors (Lipinski definition) is 2. The van der Waals surface area contributed by atoms with Gasteiger partial charge in [0.2, 0.25) is 0 Å². The van der Waals surface area contributed by atoms with Gasteiger partial charge in [0, 0.05) is 10.9 Å². The van der Waals surface area contributed by atoms with Crippen LogP contribution < -0.4 is 4.74 Å². The first-order chi connectivity index (χ1) is 6.75. The van der Waals surface area contributed by atoms with Crippen molar-refractivity contribution >= 4 is 15.9 Å². The van der Waals surface area contributed by atoms with Crippen molar-refractivity contribution in [3.63, 3.8) is 0 Å². The predicted molar refractivity (Wildman–Crippen MR) is 54.0 cm³/mol. The Morgan fingerprint density at radius 2 is 2.36 bits per heavy atom. The molecule has 0 bridgehead atoms. The molecule has 4 heteroatoms. The van der Waals surface area contributed by atoms with Gasteiger partial charge in [-0.15, -0.1) is 0 Å². The molecule has 0 amide bonds. The van der Waals surface area contributed by atoms with Crippen LogP contribution in [-0.4, -0.2) is 19.3 Å². The lowest BCUT2D eigenvalue weighted by molar-refractivity contribution is 0.138. The topological polar surface area (TPSA) is 18.5 Å². The molecule has 0 aromatic heterocycles. The van der Waals surface area contributed by atoms with E-state index in [0.717, 1.165) is 10.9 Å². The maximum absolute atomic E-state index is 13.2. The van der Waals surface area contributed by atoms with E-state index >= 15 is 0 Å². The average molecular weight is 261 g/mol. The van der Waals surface area contributed by atoms with Gasteiger partial charge in [-0.05, 0) is 18.2 Å². The summed E-state index contributed by atoms with van der Waals surface area (Å²) in [5.41, 5.74) is 0. The molecule has 1 saturated heterocycles. The molecule has 1 heterocycles. The van der Waals surface area contributed by atoms with Crippen LogP contribution in [0.25, 0.3) is 0 Å². The minimum atomic E-state index is -0.333. The van der Waals surface area contributed by atoms with Crippen LogP contribution >= 0.6 is 15.9 Å². The molecule has 14 heavy (non-hydrogen) atoms. The summed E-state index contributed by atoms with van der Waals surface area (Å²) in [5, 5.41) is 0. The zero-order chi connectivity index (χ0) is 9.97. The number of benzene rings is 1. The van der Waals surface area contributed by atoms with Gasteiger partial charge in [-0.25, -0.2) is 4.39 Å². The van der Waals surface area contributed by atoms with Crippen molar-refractivity contribution in [2.24, 2.45) is 0 Å². The van der Waals surface area contributed by atoms with Crippen molar-refractivity contribution in [1.29, 1.82) is 0 Å². The average Bonchev–Trinajstić information content (AvgIpc) is 2.64. The minimum absolute atomic E-state index is 0.0150. The Labute approximate surface area is 90.1 Å². The Morgan fingerprint density at radius 1 is 1.50 bits per heavy atom. The van der Waals surface area contributed by atoms with E-state index in [1.54, 1.807) is 12.1 Å². The standard InChI is InChI=1S/C10H10BrFO2/c11-7-1-2-9(12)10(5-7)14-8-3-4-13-6-8/h1-2,5,8H,3-4,6H2. The maximum atomic E-state index is 13.2. The lowest BCUT2D eigenvalue weighted by atomic mass is 10.3. The SMILES string of the molecule is Fc1ccc(Br)cc1OC1CCOC1. The second-order valence-electron chi connectivity index (χ2n) is 3.18. The van der Waals surface area contributed by atoms with E-state index in [4.69, 9.17) is 9.47 Å². The van der Waals surface area contributed by atoms with Crippen molar-refractivity contribution in [3.05, 3.63) is 28.5 Å². The summed E-state index contributed by atoms with van der Waals surface area (Å²) in [6.45, 7) is 1.24. The number of halogens is 2. The highest BCUT2D eigenvalue weighted by Crippen LogP contribution is 2.24. The van der Waals surface area contributed by atoms with Gasteiger partial charge in [0.15, 0.2) is 11.6 Å². The second-order valence-corrected chi connectivity index (χ2v) is 4.09. The normalized spacial score (nSPS) is 21.1. The van der Waals surface area contributed by atoms with Crippen molar-refractivity contribution in [2.45, 2.75) is 12.5 Å². The monoisotopic (exact) mass is 260 g/mol. The maximum Gasteiger partial charge on any atom is 0.165 e. The van der Waals surface area contributed by atoms with E-state index in [9.17, 15) is 4.39 Å². The van der Waals surface area contributed by atoms with Gasteiger partial charge in [0.25, 0.3) is 0 Å². The number of ether oxygens (including phenoxy) is 2. The van der Waals surface area contributed by atoms with Crippen LogP contribution in [0.4, 0.5) is 4.39 Å². The van der Waals surface area contributed by atoms with Gasteiger partial charge in [-0.3, -0.25) is 0 Å². The summed E-state index contributed by atoms with van der Waals surface area (Å²) in [6, 6.07) is 4.66. The van der Waals surface area contributed by atoms with Crippen LogP contribution in [0, 0.1) is 5.82 Å². The van der Waals surface area contributed by atoms with Crippen LogP contribution in [0.1, 0.15) is 6.42 Å². The lowest BCUT2D eigenvalue weighted by Crippen LogP contribution is -2.16. The molecule has 0 spiro atoms. The molecule has 1 atom stereocenters. The predicted octanol–water partition coefficient (Wildman–Crippen LogP) is 2.76. The lowest BCUT2D eigenvalue weighted by Gasteiger charge is -2.12. The molecule has 0 N–H and O–H groups in total. The third-order valence-corrected chi connectivity index (χ3v) is 2.57. The molecule has 2 nitrogen and oxygen atoms in total. The van der Waals surface area contributed by atoms with Crippen LogP contribution in [0.15, 0.2) is 22.7 Å². The van der Waals surface area contributed by atoms with Crippen LogP contribution in [0.5, 0.6) is 5.75 Å². The second kappa shape index (κ2) is 4.28. The van der Waals surface area contributed by atoms with Gasteiger partial charge in [-0.1, -0.05) is 15.9 Å². The summed E-state index contributed by atoms with van der Waals surface area (Å²) in [4.78, 5) is 0. The number of hydrogen-bond donors (Lipinski definition) is 0. The van der Waals surface area contributed by atoms with Crippen molar-refractivity contribution in [2.75, 3.05) is 13.2 Å². The quantitative estimate of drug-likeness (QED) is 0.814. The fraction of sp³-hybridized carbons (Fsp3) is 0.400. The molecule has 0 saturated carbocycles. The largest absolute Gasteiger partial charge is 0.485 e. The Morgan fingerprint density at radius 3 is 3.07 bits per heavy atom. The first-order valence-electron chi connectivity index (χ1n) is 4.45. The molecule has 1 aliphatic heterocycles.